The van der Waals surface area contributed by atoms with Crippen LogP contribution in [0.1, 0.15) is 73.6 Å². The zero-order chi connectivity index (χ0) is 59.3. The molecule has 0 aromatic rings. The number of nitrogens with one attached hydrogen (secondary N) is 8. The van der Waals surface area contributed by atoms with E-state index in [9.17, 15) is 93.3 Å². The number of aliphatic carboxylic acids is 3. The normalized spacial score (nSPS) is 25.5. The van der Waals surface area contributed by atoms with Crippen LogP contribution in [0.5, 0.6) is 0 Å². The first-order valence-electron chi connectivity index (χ1n) is 24.2. The molecule has 2 saturated heterocycles. The summed E-state index contributed by atoms with van der Waals surface area (Å²) in [7, 11) is 0. The summed E-state index contributed by atoms with van der Waals surface area (Å²) in [5.41, 5.74) is 5.47. The van der Waals surface area contributed by atoms with Crippen molar-refractivity contribution in [3.05, 3.63) is 0 Å². The second-order valence-electron chi connectivity index (χ2n) is 18.1. The second-order valence-corrected chi connectivity index (χ2v) is 18.1. The number of hydrogen-bond donors (Lipinski definition) is 17. The minimum Gasteiger partial charge on any atom is -0.481 e. The van der Waals surface area contributed by atoms with Crippen LogP contribution in [0.15, 0.2) is 0 Å². The molecule has 78 heavy (non-hydrogen) atoms. The van der Waals surface area contributed by atoms with Crippen molar-refractivity contribution in [2.45, 2.75) is 177 Å². The van der Waals surface area contributed by atoms with Crippen molar-refractivity contribution in [1.82, 2.24) is 42.5 Å². The largest absolute Gasteiger partial charge is 0.481 e. The van der Waals surface area contributed by atoms with Gasteiger partial charge < -0.3 is 113 Å². The molecule has 34 nitrogen and oxygen atoms in total. The molecule has 34 heteroatoms. The molecule has 2 aliphatic rings. The number of carboxylic acids is 3. The summed E-state index contributed by atoms with van der Waals surface area (Å²) in [5, 5.41) is 98.3. The SMILES string of the molecule is CC(=O)NC1C(OC2C(COC(C)=O)OC(O)C(NC(C)=O)C2OC(C)C(=O)NC(C)C(=O)NC(CCC(=O)NC(CCCNC(=O)C(CO)NC(=O)C(N)CC(=O)O)C(=O)NC(C)C(=O)O)C(=O)O)OC(CO)C(O)C1O. The Hall–Kier alpha value is -6.76. The van der Waals surface area contributed by atoms with Crippen molar-refractivity contribution in [2.24, 2.45) is 5.73 Å². The Morgan fingerprint density at radius 3 is 1.78 bits per heavy atom. The minimum absolute atomic E-state index is 0.104. The molecule has 0 aromatic carbocycles. The summed E-state index contributed by atoms with van der Waals surface area (Å²) in [6.07, 6.45) is -17.9. The number of carboxylic acid groups (broad SMARTS) is 3. The van der Waals surface area contributed by atoms with Gasteiger partial charge in [-0.25, -0.2) is 4.79 Å². The lowest BCUT2D eigenvalue weighted by Crippen LogP contribution is -2.70. The number of carbonyl (C=O) groups is 12. The lowest BCUT2D eigenvalue weighted by atomic mass is 9.94. The fraction of sp³-hybridized carbons (Fsp3) is 0.727. The molecule has 18 N–H and O–H groups in total. The molecular weight excluding hydrogens is 1050 g/mol. The fourth-order valence-corrected chi connectivity index (χ4v) is 7.54. The van der Waals surface area contributed by atoms with Crippen molar-refractivity contribution < 1.29 is 122 Å². The monoisotopic (exact) mass is 1130 g/mol. The molecular formula is C44H71N9O25. The number of hydrogen-bond acceptors (Lipinski definition) is 23. The van der Waals surface area contributed by atoms with Crippen LogP contribution in [0.3, 0.4) is 0 Å². The van der Waals surface area contributed by atoms with Crippen LogP contribution in [-0.4, -0.2) is 242 Å². The maximum atomic E-state index is 13.7. The Bertz CT molecular complexity index is 2140. The van der Waals surface area contributed by atoms with Crippen molar-refractivity contribution >= 4 is 71.1 Å². The molecule has 442 valence electrons. The van der Waals surface area contributed by atoms with Crippen molar-refractivity contribution in [3.63, 3.8) is 0 Å². The van der Waals surface area contributed by atoms with E-state index in [1.807, 2.05) is 0 Å². The Labute approximate surface area is 444 Å². The number of aliphatic hydroxyl groups excluding tert-OH is 5. The van der Waals surface area contributed by atoms with E-state index in [0.29, 0.717) is 0 Å². The number of amides is 8. The number of ether oxygens (including phenoxy) is 5. The van der Waals surface area contributed by atoms with Gasteiger partial charge in [-0.05, 0) is 40.0 Å². The third-order valence-corrected chi connectivity index (χ3v) is 11.7. The smallest absolute Gasteiger partial charge is 0.326 e. The van der Waals surface area contributed by atoms with Gasteiger partial charge in [0.2, 0.25) is 47.3 Å². The Balaban J connectivity index is 2.23. The maximum absolute atomic E-state index is 13.7. The van der Waals surface area contributed by atoms with Gasteiger partial charge in [-0.3, -0.25) is 52.7 Å². The van der Waals surface area contributed by atoms with E-state index >= 15 is 0 Å². The predicted octanol–water partition coefficient (Wildman–Crippen LogP) is -9.02. The van der Waals surface area contributed by atoms with Gasteiger partial charge in [0.25, 0.3) is 0 Å². The topological polar surface area (TPSA) is 535 Å². The fourth-order valence-electron chi connectivity index (χ4n) is 7.54. The van der Waals surface area contributed by atoms with Crippen molar-refractivity contribution in [2.75, 3.05) is 26.4 Å². The van der Waals surface area contributed by atoms with Crippen LogP contribution in [0.25, 0.3) is 0 Å². The zero-order valence-electron chi connectivity index (χ0n) is 43.3. The molecule has 2 fully saturated rings. The van der Waals surface area contributed by atoms with E-state index < -0.39 is 214 Å². The Morgan fingerprint density at radius 2 is 1.23 bits per heavy atom. The summed E-state index contributed by atoms with van der Waals surface area (Å²) in [6, 6.07) is -12.6. The van der Waals surface area contributed by atoms with E-state index in [-0.39, 0.29) is 19.4 Å². The van der Waals surface area contributed by atoms with Gasteiger partial charge in [0.05, 0.1) is 25.7 Å². The minimum atomic E-state index is -1.97. The summed E-state index contributed by atoms with van der Waals surface area (Å²) in [4.78, 5) is 149. The summed E-state index contributed by atoms with van der Waals surface area (Å²) < 4.78 is 28.6. The lowest BCUT2D eigenvalue weighted by Gasteiger charge is -2.48. The standard InChI is InChI=1S/C44H71N9O25/c1-16(36(64)52-24(42(71)72)9-10-28(59)51-23(40(68)48-17(2)41(69)70)8-7-11-46-39(67)25(13-54)53-38(66)22(45)12-29(60)61)47-37(65)18(3)75-35-31(50-20(5)57)43(73)76-27(15-74-21(6)58)34(35)78-44-30(49-19(4)56)33(63)32(62)26(14-55)77-44/h16-18,22-27,30-35,43-44,54-55,62-63,73H,7-15,45H2,1-6H3,(H,46,67)(H,47,65)(H,48,68)(H,49,56)(H,50,57)(H,51,59)(H,52,64)(H,53,66)(H,60,61)(H,69,70)(H,71,72). The first kappa shape index (κ1) is 67.3. The van der Waals surface area contributed by atoms with Gasteiger partial charge in [0, 0.05) is 33.7 Å². The van der Waals surface area contributed by atoms with Crippen LogP contribution < -0.4 is 48.3 Å². The van der Waals surface area contributed by atoms with Crippen molar-refractivity contribution in [3.8, 4) is 0 Å². The number of aliphatic hydroxyl groups is 5. The van der Waals surface area contributed by atoms with Gasteiger partial charge >= 0.3 is 23.9 Å². The highest BCUT2D eigenvalue weighted by atomic mass is 16.7. The van der Waals surface area contributed by atoms with Crippen LogP contribution in [0.4, 0.5) is 0 Å². The first-order valence-corrected chi connectivity index (χ1v) is 24.2. The van der Waals surface area contributed by atoms with Gasteiger partial charge in [-0.2, -0.15) is 0 Å². The molecule has 2 rings (SSSR count). The van der Waals surface area contributed by atoms with Crippen LogP contribution in [0.2, 0.25) is 0 Å². The quantitative estimate of drug-likeness (QED) is 0.0226. The highest BCUT2D eigenvalue weighted by Crippen LogP contribution is 2.31. The maximum Gasteiger partial charge on any atom is 0.326 e. The highest BCUT2D eigenvalue weighted by Gasteiger charge is 2.53. The van der Waals surface area contributed by atoms with Gasteiger partial charge in [-0.15, -0.1) is 0 Å². The highest BCUT2D eigenvalue weighted by molar-refractivity contribution is 5.93. The average molecular weight is 1130 g/mol. The first-order chi connectivity index (χ1) is 36.4. The molecule has 0 radical (unpaired) electrons. The van der Waals surface area contributed by atoms with Gasteiger partial charge in [0.1, 0.15) is 91.6 Å². The van der Waals surface area contributed by atoms with Gasteiger partial charge in [0.15, 0.2) is 12.6 Å². The zero-order valence-corrected chi connectivity index (χ0v) is 43.3. The van der Waals surface area contributed by atoms with E-state index in [4.69, 9.17) is 34.5 Å². The molecule has 17 atom stereocenters. The molecule has 2 heterocycles. The predicted molar refractivity (Wildman–Crippen MR) is 255 cm³/mol. The number of esters is 1. The van der Waals surface area contributed by atoms with Crippen LogP contribution >= 0.6 is 0 Å². The Kier molecular flexibility index (Phi) is 27.8. The van der Waals surface area contributed by atoms with E-state index in [1.54, 1.807) is 0 Å². The third kappa shape index (κ3) is 21.6. The molecule has 2 aliphatic heterocycles. The molecule has 8 amide bonds. The van der Waals surface area contributed by atoms with E-state index in [0.717, 1.165) is 41.5 Å². The molecule has 0 aliphatic carbocycles. The second kappa shape index (κ2) is 32.2. The number of nitrogens with two attached hydrogens (primary N) is 1. The average Bonchev–Trinajstić information content (AvgIpc) is 3.35. The number of rotatable bonds is 31. The summed E-state index contributed by atoms with van der Waals surface area (Å²) in [6.45, 7) is 3.81. The van der Waals surface area contributed by atoms with Crippen molar-refractivity contribution in [1.29, 1.82) is 0 Å². The number of carbonyl (C=O) groups excluding carboxylic acids is 9. The van der Waals surface area contributed by atoms with Gasteiger partial charge in [-0.1, -0.05) is 0 Å². The third-order valence-electron chi connectivity index (χ3n) is 11.7. The molecule has 17 unspecified atom stereocenters. The van der Waals surface area contributed by atoms with E-state index in [2.05, 4.69) is 42.5 Å². The van der Waals surface area contributed by atoms with Crippen LogP contribution in [-0.2, 0) is 81.2 Å². The molecule has 0 saturated carbocycles. The molecule has 0 aromatic heterocycles. The molecule has 0 spiro atoms. The van der Waals surface area contributed by atoms with Crippen LogP contribution in [0, 0.1) is 0 Å². The Morgan fingerprint density at radius 1 is 0.628 bits per heavy atom. The summed E-state index contributed by atoms with van der Waals surface area (Å²) >= 11 is 0. The lowest BCUT2D eigenvalue weighted by molar-refractivity contribution is -0.333. The van der Waals surface area contributed by atoms with E-state index in [1.165, 1.54) is 0 Å². The summed E-state index contributed by atoms with van der Waals surface area (Å²) in [5.74, 6) is -13.0. The molecule has 0 bridgehead atoms.